The SMILES string of the molecule is CCOC(=O)C1CC(CCC(=O)c2ccc3c(c2)CCN(Cc2ccccc2)CC3)CC[N]1.Cl. The van der Waals surface area contributed by atoms with Crippen molar-refractivity contribution in [1.82, 2.24) is 10.2 Å². The van der Waals surface area contributed by atoms with E-state index in [4.69, 9.17) is 4.74 Å². The van der Waals surface area contributed by atoms with Crippen LogP contribution in [0.15, 0.2) is 48.5 Å². The summed E-state index contributed by atoms with van der Waals surface area (Å²) >= 11 is 0. The summed E-state index contributed by atoms with van der Waals surface area (Å²) < 4.78 is 5.13. The Balaban J connectivity index is 0.00000324. The number of halogens is 1. The van der Waals surface area contributed by atoms with Gasteiger partial charge in [0.15, 0.2) is 5.78 Å². The molecule has 1 radical (unpaired) electrons. The monoisotopic (exact) mass is 483 g/mol. The van der Waals surface area contributed by atoms with Crippen LogP contribution in [-0.4, -0.2) is 48.9 Å². The quantitative estimate of drug-likeness (QED) is 0.406. The molecule has 34 heavy (non-hydrogen) atoms. The highest BCUT2D eigenvalue weighted by molar-refractivity contribution is 5.96. The zero-order chi connectivity index (χ0) is 23.0. The molecule has 2 aliphatic rings. The first-order valence-corrected chi connectivity index (χ1v) is 12.4. The van der Waals surface area contributed by atoms with Gasteiger partial charge in [0, 0.05) is 38.2 Å². The molecule has 0 N–H and O–H groups in total. The molecule has 6 heteroatoms. The highest BCUT2D eigenvalue weighted by Gasteiger charge is 2.29. The molecular weight excluding hydrogens is 448 g/mol. The highest BCUT2D eigenvalue weighted by atomic mass is 35.5. The number of carbonyl (C=O) groups is 2. The Morgan fingerprint density at radius 2 is 1.82 bits per heavy atom. The van der Waals surface area contributed by atoms with Gasteiger partial charge in [-0.15, -0.1) is 12.4 Å². The summed E-state index contributed by atoms with van der Waals surface area (Å²) in [6.45, 7) is 5.92. The Bertz CT molecular complexity index is 950. The van der Waals surface area contributed by atoms with E-state index in [1.807, 2.05) is 13.0 Å². The molecule has 2 atom stereocenters. The van der Waals surface area contributed by atoms with Gasteiger partial charge in [-0.2, -0.15) is 0 Å². The van der Waals surface area contributed by atoms with E-state index in [1.165, 1.54) is 16.7 Å². The lowest BCUT2D eigenvalue weighted by Crippen LogP contribution is -2.40. The molecule has 0 amide bonds. The molecular formula is C28H36ClN2O3. The summed E-state index contributed by atoms with van der Waals surface area (Å²) in [4.78, 5) is 27.5. The highest BCUT2D eigenvalue weighted by Crippen LogP contribution is 2.25. The predicted molar refractivity (Wildman–Crippen MR) is 137 cm³/mol. The molecule has 0 saturated carbocycles. The van der Waals surface area contributed by atoms with E-state index in [-0.39, 0.29) is 30.2 Å². The minimum Gasteiger partial charge on any atom is -0.465 e. The van der Waals surface area contributed by atoms with Gasteiger partial charge in [-0.1, -0.05) is 42.5 Å². The van der Waals surface area contributed by atoms with Crippen LogP contribution in [-0.2, 0) is 28.9 Å². The van der Waals surface area contributed by atoms with Crippen LogP contribution in [0.5, 0.6) is 0 Å². The number of hydrogen-bond donors (Lipinski definition) is 0. The minimum absolute atomic E-state index is 0. The molecule has 0 aromatic heterocycles. The Morgan fingerprint density at radius 1 is 1.06 bits per heavy atom. The Morgan fingerprint density at radius 3 is 2.59 bits per heavy atom. The molecule has 2 unspecified atom stereocenters. The van der Waals surface area contributed by atoms with Crippen molar-refractivity contribution in [3.8, 4) is 0 Å². The van der Waals surface area contributed by atoms with Gasteiger partial charge in [0.05, 0.1) is 6.61 Å². The lowest BCUT2D eigenvalue weighted by atomic mass is 9.87. The standard InChI is InChI=1S/C28H35N2O3.ClH/c1-2-33-28(32)26-18-21(12-15-29-26)8-11-27(31)25-10-9-23-13-16-30(17-14-24(23)19-25)20-22-6-4-3-5-7-22;/h3-7,9-10,19,21,26H,2,8,11-18,20H2,1H3;1H. The molecule has 2 aliphatic heterocycles. The first-order chi connectivity index (χ1) is 16.1. The number of esters is 1. The summed E-state index contributed by atoms with van der Waals surface area (Å²) in [6, 6.07) is 16.6. The fraction of sp³-hybridized carbons (Fsp3) is 0.500. The van der Waals surface area contributed by atoms with E-state index >= 15 is 0 Å². The van der Waals surface area contributed by atoms with E-state index in [2.05, 4.69) is 52.7 Å². The molecule has 183 valence electrons. The van der Waals surface area contributed by atoms with E-state index in [0.717, 1.165) is 50.9 Å². The fourth-order valence-electron chi connectivity index (χ4n) is 5.02. The Labute approximate surface area is 209 Å². The van der Waals surface area contributed by atoms with Crippen molar-refractivity contribution in [3.63, 3.8) is 0 Å². The maximum absolute atomic E-state index is 13.0. The van der Waals surface area contributed by atoms with Gasteiger partial charge < -0.3 is 4.74 Å². The number of nitrogens with zero attached hydrogens (tertiary/aromatic N) is 2. The molecule has 2 heterocycles. The molecule has 5 nitrogen and oxygen atoms in total. The van der Waals surface area contributed by atoms with Crippen LogP contribution in [0.2, 0.25) is 0 Å². The topological polar surface area (TPSA) is 60.7 Å². The molecule has 1 fully saturated rings. The van der Waals surface area contributed by atoms with Gasteiger partial charge in [-0.25, -0.2) is 5.32 Å². The number of benzene rings is 2. The van der Waals surface area contributed by atoms with Gasteiger partial charge in [0.1, 0.15) is 6.04 Å². The predicted octanol–water partition coefficient (Wildman–Crippen LogP) is 4.62. The van der Waals surface area contributed by atoms with Crippen molar-refractivity contribution in [2.45, 2.75) is 58.0 Å². The third-order valence-electron chi connectivity index (χ3n) is 6.95. The largest absolute Gasteiger partial charge is 0.465 e. The van der Waals surface area contributed by atoms with Crippen LogP contribution in [0.4, 0.5) is 0 Å². The fourth-order valence-corrected chi connectivity index (χ4v) is 5.02. The summed E-state index contributed by atoms with van der Waals surface area (Å²) in [5.41, 5.74) is 4.86. The number of fused-ring (bicyclic) bond motifs is 1. The maximum Gasteiger partial charge on any atom is 0.324 e. The van der Waals surface area contributed by atoms with Crippen LogP contribution in [0.3, 0.4) is 0 Å². The van der Waals surface area contributed by atoms with Crippen molar-refractivity contribution in [2.75, 3.05) is 26.2 Å². The van der Waals surface area contributed by atoms with Gasteiger partial charge in [0.25, 0.3) is 0 Å². The number of Topliss-reactive ketones (excluding diaryl/α,β-unsaturated/α-hetero) is 1. The summed E-state index contributed by atoms with van der Waals surface area (Å²) in [6.07, 6.45) is 5.00. The maximum atomic E-state index is 13.0. The van der Waals surface area contributed by atoms with E-state index in [0.29, 0.717) is 31.9 Å². The van der Waals surface area contributed by atoms with Crippen LogP contribution in [0.25, 0.3) is 0 Å². The first-order valence-electron chi connectivity index (χ1n) is 12.4. The number of piperidine rings is 1. The lowest BCUT2D eigenvalue weighted by molar-refractivity contribution is -0.146. The van der Waals surface area contributed by atoms with E-state index in [1.54, 1.807) is 0 Å². The molecule has 2 aromatic carbocycles. The van der Waals surface area contributed by atoms with Crippen molar-refractivity contribution < 1.29 is 14.3 Å². The molecule has 1 saturated heterocycles. The number of ketones is 1. The first kappa shape index (κ1) is 26.4. The number of rotatable bonds is 8. The summed E-state index contributed by atoms with van der Waals surface area (Å²) in [7, 11) is 0. The molecule has 4 rings (SSSR count). The van der Waals surface area contributed by atoms with Crippen LogP contribution in [0.1, 0.15) is 59.7 Å². The number of ether oxygens (including phenoxy) is 1. The Hall–Kier alpha value is -2.21. The van der Waals surface area contributed by atoms with E-state index < -0.39 is 0 Å². The van der Waals surface area contributed by atoms with Crippen LogP contribution < -0.4 is 5.32 Å². The van der Waals surface area contributed by atoms with Crippen molar-refractivity contribution in [2.24, 2.45) is 5.92 Å². The smallest absolute Gasteiger partial charge is 0.324 e. The molecule has 0 spiro atoms. The Kier molecular flexibility index (Phi) is 10.1. The van der Waals surface area contributed by atoms with Crippen LogP contribution >= 0.6 is 12.4 Å². The third-order valence-corrected chi connectivity index (χ3v) is 6.95. The zero-order valence-corrected chi connectivity index (χ0v) is 20.9. The van der Waals surface area contributed by atoms with Crippen LogP contribution in [0, 0.1) is 5.92 Å². The lowest BCUT2D eigenvalue weighted by Gasteiger charge is -2.27. The van der Waals surface area contributed by atoms with Gasteiger partial charge in [0.2, 0.25) is 0 Å². The second kappa shape index (κ2) is 13.0. The average molecular weight is 484 g/mol. The summed E-state index contributed by atoms with van der Waals surface area (Å²) in [5.74, 6) is 0.340. The van der Waals surface area contributed by atoms with Gasteiger partial charge in [-0.05, 0) is 67.7 Å². The van der Waals surface area contributed by atoms with E-state index in [9.17, 15) is 9.59 Å². The van der Waals surface area contributed by atoms with Crippen molar-refractivity contribution in [3.05, 3.63) is 70.8 Å². The third kappa shape index (κ3) is 7.14. The van der Waals surface area contributed by atoms with Crippen molar-refractivity contribution >= 4 is 24.2 Å². The zero-order valence-electron chi connectivity index (χ0n) is 20.1. The molecule has 0 bridgehead atoms. The summed E-state index contributed by atoms with van der Waals surface area (Å²) in [5, 5.41) is 4.41. The molecule has 2 aromatic rings. The number of carbonyl (C=O) groups excluding carboxylic acids is 2. The average Bonchev–Trinajstić information content (AvgIpc) is 3.05. The number of hydrogen-bond acceptors (Lipinski definition) is 4. The normalized spacial score (nSPS) is 20.5. The second-order valence-electron chi connectivity index (χ2n) is 9.27. The minimum atomic E-state index is -0.356. The second-order valence-corrected chi connectivity index (χ2v) is 9.27. The van der Waals surface area contributed by atoms with Gasteiger partial charge in [-0.3, -0.25) is 14.5 Å². The van der Waals surface area contributed by atoms with Gasteiger partial charge >= 0.3 is 5.97 Å². The van der Waals surface area contributed by atoms with Crippen molar-refractivity contribution in [1.29, 1.82) is 0 Å². The molecule has 0 aliphatic carbocycles.